The van der Waals surface area contributed by atoms with Gasteiger partial charge in [-0.15, -0.1) is 0 Å². The van der Waals surface area contributed by atoms with Gasteiger partial charge >= 0.3 is 0 Å². The van der Waals surface area contributed by atoms with Crippen LogP contribution in [0.2, 0.25) is 0 Å². The number of phenolic OH excluding ortho intramolecular Hbond substituents is 1. The molecule has 0 fully saturated rings. The number of rotatable bonds is 4. The van der Waals surface area contributed by atoms with E-state index in [2.05, 4.69) is 0 Å². The molecule has 0 aliphatic rings. The summed E-state index contributed by atoms with van der Waals surface area (Å²) >= 11 is 0. The third kappa shape index (κ3) is 3.51. The van der Waals surface area contributed by atoms with Crippen molar-refractivity contribution in [2.24, 2.45) is 0 Å². The predicted molar refractivity (Wildman–Crippen MR) is 69.6 cm³/mol. The lowest BCUT2D eigenvalue weighted by molar-refractivity contribution is 0.308. The normalized spacial score (nSPS) is 10.9. The van der Waals surface area contributed by atoms with Crippen molar-refractivity contribution in [2.75, 3.05) is 7.05 Å². The second kappa shape index (κ2) is 5.80. The summed E-state index contributed by atoms with van der Waals surface area (Å²) in [6.45, 7) is 0.911. The van der Waals surface area contributed by atoms with E-state index in [4.69, 9.17) is 0 Å². The number of aromatic hydroxyl groups is 1. The zero-order valence-electron chi connectivity index (χ0n) is 10.6. The van der Waals surface area contributed by atoms with Gasteiger partial charge in [-0.05, 0) is 18.7 Å². The van der Waals surface area contributed by atoms with Crippen LogP contribution in [0.15, 0.2) is 42.5 Å². The van der Waals surface area contributed by atoms with E-state index in [9.17, 15) is 13.9 Å². The van der Waals surface area contributed by atoms with Crippen LogP contribution >= 0.6 is 0 Å². The molecule has 2 rings (SSSR count). The van der Waals surface area contributed by atoms with Crippen LogP contribution in [0, 0.1) is 11.6 Å². The van der Waals surface area contributed by atoms with Gasteiger partial charge in [-0.3, -0.25) is 4.90 Å². The molecule has 0 unspecified atom stereocenters. The van der Waals surface area contributed by atoms with Gasteiger partial charge in [0.15, 0.2) is 11.6 Å². The third-order valence-electron chi connectivity index (χ3n) is 2.84. The maximum atomic E-state index is 13.2. The average Bonchev–Trinajstić information content (AvgIpc) is 2.36. The maximum Gasteiger partial charge on any atom is 0.168 e. The Hall–Kier alpha value is -1.94. The maximum absolute atomic E-state index is 13.2. The SMILES string of the molecule is CN(Cc1ccccc1)Cc1cc(F)cc(F)c1O. The quantitative estimate of drug-likeness (QED) is 0.914. The monoisotopic (exact) mass is 263 g/mol. The third-order valence-corrected chi connectivity index (χ3v) is 2.84. The summed E-state index contributed by atoms with van der Waals surface area (Å²) in [6.07, 6.45) is 0. The molecule has 0 amide bonds. The molecule has 0 atom stereocenters. The van der Waals surface area contributed by atoms with Crippen molar-refractivity contribution in [3.8, 4) is 5.75 Å². The number of benzene rings is 2. The number of phenols is 1. The molecule has 1 N–H and O–H groups in total. The van der Waals surface area contributed by atoms with E-state index in [0.29, 0.717) is 12.6 Å². The smallest absolute Gasteiger partial charge is 0.168 e. The van der Waals surface area contributed by atoms with Gasteiger partial charge in [-0.1, -0.05) is 30.3 Å². The van der Waals surface area contributed by atoms with Crippen LogP contribution in [-0.4, -0.2) is 17.1 Å². The lowest BCUT2D eigenvalue weighted by Crippen LogP contribution is -2.17. The van der Waals surface area contributed by atoms with Gasteiger partial charge in [-0.25, -0.2) is 8.78 Å². The molecule has 2 aromatic rings. The van der Waals surface area contributed by atoms with Crippen molar-refractivity contribution in [3.63, 3.8) is 0 Å². The summed E-state index contributed by atoms with van der Waals surface area (Å²) in [4.78, 5) is 1.88. The van der Waals surface area contributed by atoms with Crippen molar-refractivity contribution in [2.45, 2.75) is 13.1 Å². The highest BCUT2D eigenvalue weighted by Gasteiger charge is 2.12. The molecular formula is C15H15F2NO. The fourth-order valence-corrected chi connectivity index (χ4v) is 1.98. The average molecular weight is 263 g/mol. The number of hydrogen-bond donors (Lipinski definition) is 1. The first-order valence-corrected chi connectivity index (χ1v) is 5.95. The summed E-state index contributed by atoms with van der Waals surface area (Å²) in [7, 11) is 1.83. The Bertz CT molecular complexity index is 558. The Kier molecular flexibility index (Phi) is 4.12. The topological polar surface area (TPSA) is 23.5 Å². The molecule has 0 radical (unpaired) electrons. The minimum absolute atomic E-state index is 0.246. The summed E-state index contributed by atoms with van der Waals surface area (Å²) in [5.74, 6) is -2.09. The van der Waals surface area contributed by atoms with E-state index >= 15 is 0 Å². The molecule has 0 aliphatic heterocycles. The summed E-state index contributed by atoms with van der Waals surface area (Å²) in [5.41, 5.74) is 1.34. The number of nitrogens with zero attached hydrogens (tertiary/aromatic N) is 1. The fraction of sp³-hybridized carbons (Fsp3) is 0.200. The summed E-state index contributed by atoms with van der Waals surface area (Å²) < 4.78 is 26.3. The first-order valence-electron chi connectivity index (χ1n) is 5.95. The summed E-state index contributed by atoms with van der Waals surface area (Å²) in [5, 5.41) is 9.57. The van der Waals surface area contributed by atoms with Crippen LogP contribution in [0.4, 0.5) is 8.78 Å². The van der Waals surface area contributed by atoms with Crippen LogP contribution in [-0.2, 0) is 13.1 Å². The van der Waals surface area contributed by atoms with Crippen molar-refractivity contribution >= 4 is 0 Å². The Morgan fingerprint density at radius 2 is 1.74 bits per heavy atom. The molecule has 0 bridgehead atoms. The molecule has 100 valence electrons. The van der Waals surface area contributed by atoms with Gasteiger partial charge in [0.2, 0.25) is 0 Å². The largest absolute Gasteiger partial charge is 0.505 e. The van der Waals surface area contributed by atoms with Crippen LogP contribution < -0.4 is 0 Å². The second-order valence-electron chi connectivity index (χ2n) is 4.55. The highest BCUT2D eigenvalue weighted by atomic mass is 19.1. The van der Waals surface area contributed by atoms with Crippen molar-refractivity contribution in [1.82, 2.24) is 4.90 Å². The Morgan fingerprint density at radius 1 is 1.05 bits per heavy atom. The molecule has 0 heterocycles. The van der Waals surface area contributed by atoms with E-state index in [1.54, 1.807) is 0 Å². The van der Waals surface area contributed by atoms with Gasteiger partial charge in [-0.2, -0.15) is 0 Å². The van der Waals surface area contributed by atoms with Crippen LogP contribution in [0.3, 0.4) is 0 Å². The zero-order chi connectivity index (χ0) is 13.8. The number of halogens is 2. The highest BCUT2D eigenvalue weighted by molar-refractivity contribution is 5.34. The van der Waals surface area contributed by atoms with Gasteiger partial charge < -0.3 is 5.11 Å². The van der Waals surface area contributed by atoms with E-state index in [1.807, 2.05) is 42.3 Å². The van der Waals surface area contributed by atoms with Gasteiger partial charge in [0.25, 0.3) is 0 Å². The molecule has 4 heteroatoms. The Balaban J connectivity index is 2.09. The Morgan fingerprint density at radius 3 is 2.42 bits per heavy atom. The molecule has 0 saturated carbocycles. The molecule has 2 nitrogen and oxygen atoms in total. The standard InChI is InChI=1S/C15H15F2NO/c1-18(9-11-5-3-2-4-6-11)10-12-7-13(16)8-14(17)15(12)19/h2-8,19H,9-10H2,1H3. The van der Waals surface area contributed by atoms with Gasteiger partial charge in [0, 0.05) is 24.7 Å². The fourth-order valence-electron chi connectivity index (χ4n) is 1.98. The molecule has 0 saturated heterocycles. The lowest BCUT2D eigenvalue weighted by Gasteiger charge is -2.17. The molecule has 19 heavy (non-hydrogen) atoms. The minimum atomic E-state index is -0.928. The second-order valence-corrected chi connectivity index (χ2v) is 4.55. The van der Waals surface area contributed by atoms with Gasteiger partial charge in [0.05, 0.1) is 0 Å². The molecule has 2 aromatic carbocycles. The summed E-state index contributed by atoms with van der Waals surface area (Å²) in [6, 6.07) is 11.6. The predicted octanol–water partition coefficient (Wildman–Crippen LogP) is 3.30. The van der Waals surface area contributed by atoms with Crippen LogP contribution in [0.1, 0.15) is 11.1 Å². The molecule has 0 aliphatic carbocycles. The van der Waals surface area contributed by atoms with E-state index < -0.39 is 17.4 Å². The zero-order valence-corrected chi connectivity index (χ0v) is 10.6. The lowest BCUT2D eigenvalue weighted by atomic mass is 10.1. The van der Waals surface area contributed by atoms with Crippen molar-refractivity contribution < 1.29 is 13.9 Å². The van der Waals surface area contributed by atoms with E-state index in [0.717, 1.165) is 11.6 Å². The van der Waals surface area contributed by atoms with Crippen LogP contribution in [0.5, 0.6) is 5.75 Å². The van der Waals surface area contributed by atoms with E-state index in [1.165, 1.54) is 0 Å². The first kappa shape index (κ1) is 13.5. The molecule has 0 spiro atoms. The molecule has 0 aromatic heterocycles. The minimum Gasteiger partial charge on any atom is -0.505 e. The van der Waals surface area contributed by atoms with Crippen molar-refractivity contribution in [1.29, 1.82) is 0 Å². The first-order chi connectivity index (χ1) is 9.06. The van der Waals surface area contributed by atoms with Crippen molar-refractivity contribution in [3.05, 3.63) is 65.2 Å². The Labute approximate surface area is 110 Å². The van der Waals surface area contributed by atoms with E-state index in [-0.39, 0.29) is 12.1 Å². The highest BCUT2D eigenvalue weighted by Crippen LogP contribution is 2.24. The van der Waals surface area contributed by atoms with Crippen LogP contribution in [0.25, 0.3) is 0 Å². The number of hydrogen-bond acceptors (Lipinski definition) is 2. The van der Waals surface area contributed by atoms with Gasteiger partial charge in [0.1, 0.15) is 5.82 Å². The molecular weight excluding hydrogens is 248 g/mol.